The second kappa shape index (κ2) is 11.0. The van der Waals surface area contributed by atoms with Gasteiger partial charge in [0.05, 0.1) is 26.0 Å². The SMILES string of the molecule is COC(=O)c1ccc(CNCC[C@H]2CCC(=O)N2Cc2cnn(-c3ccccc3OC)c2)cc1. The average molecular weight is 463 g/mol. The predicted molar refractivity (Wildman–Crippen MR) is 128 cm³/mol. The molecule has 34 heavy (non-hydrogen) atoms. The molecule has 0 saturated carbocycles. The molecule has 2 aromatic carbocycles. The van der Waals surface area contributed by atoms with Crippen molar-refractivity contribution >= 4 is 11.9 Å². The second-order valence-corrected chi connectivity index (χ2v) is 8.33. The molecule has 1 aliphatic rings. The van der Waals surface area contributed by atoms with Crippen LogP contribution in [0.5, 0.6) is 5.75 Å². The van der Waals surface area contributed by atoms with E-state index in [1.165, 1.54) is 7.11 Å². The number of carbonyl (C=O) groups excluding carboxylic acids is 2. The molecule has 0 spiro atoms. The van der Waals surface area contributed by atoms with Crippen LogP contribution in [0.2, 0.25) is 0 Å². The molecule has 1 aromatic heterocycles. The minimum Gasteiger partial charge on any atom is -0.494 e. The van der Waals surface area contributed by atoms with Gasteiger partial charge < -0.3 is 19.7 Å². The zero-order valence-electron chi connectivity index (χ0n) is 19.6. The number of carbonyl (C=O) groups is 2. The van der Waals surface area contributed by atoms with Crippen molar-refractivity contribution < 1.29 is 19.1 Å². The number of benzene rings is 2. The summed E-state index contributed by atoms with van der Waals surface area (Å²) < 4.78 is 11.9. The van der Waals surface area contributed by atoms with Gasteiger partial charge in [-0.25, -0.2) is 9.48 Å². The summed E-state index contributed by atoms with van der Waals surface area (Å²) in [4.78, 5) is 26.1. The van der Waals surface area contributed by atoms with E-state index >= 15 is 0 Å². The Kier molecular flexibility index (Phi) is 7.59. The Morgan fingerprint density at radius 1 is 1.12 bits per heavy atom. The number of likely N-dealkylation sites (tertiary alicyclic amines) is 1. The molecule has 3 aromatic rings. The summed E-state index contributed by atoms with van der Waals surface area (Å²) >= 11 is 0. The van der Waals surface area contributed by atoms with Gasteiger partial charge in [-0.05, 0) is 49.2 Å². The lowest BCUT2D eigenvalue weighted by Crippen LogP contribution is -2.34. The van der Waals surface area contributed by atoms with Gasteiger partial charge in [0, 0.05) is 37.3 Å². The van der Waals surface area contributed by atoms with E-state index in [0.29, 0.717) is 25.1 Å². The number of methoxy groups -OCH3 is 2. The highest BCUT2D eigenvalue weighted by Gasteiger charge is 2.30. The van der Waals surface area contributed by atoms with Crippen LogP contribution in [-0.2, 0) is 22.6 Å². The molecule has 178 valence electrons. The third kappa shape index (κ3) is 5.46. The van der Waals surface area contributed by atoms with Gasteiger partial charge in [0.1, 0.15) is 11.4 Å². The van der Waals surface area contributed by atoms with E-state index in [0.717, 1.165) is 42.0 Å². The van der Waals surface area contributed by atoms with Gasteiger partial charge in [-0.1, -0.05) is 24.3 Å². The second-order valence-electron chi connectivity index (χ2n) is 8.33. The first-order chi connectivity index (χ1) is 16.6. The van der Waals surface area contributed by atoms with Crippen LogP contribution in [0.1, 0.15) is 40.7 Å². The molecular formula is C26H30N4O4. The number of nitrogens with one attached hydrogen (secondary N) is 1. The largest absolute Gasteiger partial charge is 0.494 e. The maximum absolute atomic E-state index is 12.6. The number of ether oxygens (including phenoxy) is 2. The third-order valence-electron chi connectivity index (χ3n) is 6.13. The number of amides is 1. The Morgan fingerprint density at radius 2 is 1.91 bits per heavy atom. The Bertz CT molecular complexity index is 1130. The molecule has 4 rings (SSSR count). The molecule has 1 aliphatic heterocycles. The van der Waals surface area contributed by atoms with E-state index in [-0.39, 0.29) is 17.9 Å². The molecule has 1 atom stereocenters. The fourth-order valence-electron chi connectivity index (χ4n) is 4.28. The Balaban J connectivity index is 1.30. The normalized spacial score (nSPS) is 15.5. The average Bonchev–Trinajstić information content (AvgIpc) is 3.48. The van der Waals surface area contributed by atoms with Crippen molar-refractivity contribution in [2.45, 2.75) is 38.4 Å². The number of esters is 1. The summed E-state index contributed by atoms with van der Waals surface area (Å²) in [5.74, 6) is 0.602. The Hall–Kier alpha value is -3.65. The molecule has 0 unspecified atom stereocenters. The number of hydrogen-bond acceptors (Lipinski definition) is 6. The van der Waals surface area contributed by atoms with Crippen molar-refractivity contribution in [3.8, 4) is 11.4 Å². The lowest BCUT2D eigenvalue weighted by Gasteiger charge is -2.24. The molecule has 0 radical (unpaired) electrons. The molecule has 8 heteroatoms. The number of para-hydroxylation sites is 2. The van der Waals surface area contributed by atoms with Crippen LogP contribution in [0.25, 0.3) is 5.69 Å². The Labute approximate surface area is 199 Å². The van der Waals surface area contributed by atoms with Crippen LogP contribution >= 0.6 is 0 Å². The summed E-state index contributed by atoms with van der Waals surface area (Å²) in [6.07, 6.45) is 6.10. The Morgan fingerprint density at radius 3 is 2.68 bits per heavy atom. The maximum Gasteiger partial charge on any atom is 0.337 e. The van der Waals surface area contributed by atoms with Gasteiger partial charge in [0.2, 0.25) is 5.91 Å². The number of nitrogens with zero attached hydrogens (tertiary/aromatic N) is 3. The van der Waals surface area contributed by atoms with E-state index in [9.17, 15) is 9.59 Å². The first-order valence-electron chi connectivity index (χ1n) is 11.4. The molecule has 8 nitrogen and oxygen atoms in total. The van der Waals surface area contributed by atoms with E-state index in [1.807, 2.05) is 53.7 Å². The van der Waals surface area contributed by atoms with E-state index in [1.54, 1.807) is 23.9 Å². The van der Waals surface area contributed by atoms with E-state index in [2.05, 4.69) is 10.4 Å². The minimum atomic E-state index is -0.334. The zero-order chi connectivity index (χ0) is 23.9. The van der Waals surface area contributed by atoms with Crippen molar-refractivity contribution in [2.75, 3.05) is 20.8 Å². The standard InChI is InChI=1S/C26H30N4O4/c1-33-24-6-4-3-5-23(24)30-18-20(16-28-30)17-29-22(11-12-25(29)31)13-14-27-15-19-7-9-21(10-8-19)26(32)34-2/h3-10,16,18,22,27H,11-15,17H2,1-2H3/t22-/m1/s1. The fraction of sp³-hybridized carbons (Fsp3) is 0.346. The summed E-state index contributed by atoms with van der Waals surface area (Å²) in [5.41, 5.74) is 3.49. The van der Waals surface area contributed by atoms with E-state index in [4.69, 9.17) is 9.47 Å². The third-order valence-corrected chi connectivity index (χ3v) is 6.13. The molecule has 2 heterocycles. The van der Waals surface area contributed by atoms with Crippen LogP contribution in [0.4, 0.5) is 0 Å². The molecule has 1 saturated heterocycles. The van der Waals surface area contributed by atoms with Crippen LogP contribution in [0, 0.1) is 0 Å². The predicted octanol–water partition coefficient (Wildman–Crippen LogP) is 3.34. The minimum absolute atomic E-state index is 0.188. The molecular weight excluding hydrogens is 432 g/mol. The zero-order valence-corrected chi connectivity index (χ0v) is 19.6. The van der Waals surface area contributed by atoms with Gasteiger partial charge in [-0.3, -0.25) is 4.79 Å². The topological polar surface area (TPSA) is 85.7 Å². The van der Waals surface area contributed by atoms with E-state index < -0.39 is 0 Å². The van der Waals surface area contributed by atoms with Gasteiger partial charge in [-0.2, -0.15) is 5.10 Å². The monoisotopic (exact) mass is 462 g/mol. The van der Waals surface area contributed by atoms with Crippen molar-refractivity contribution in [3.05, 3.63) is 77.6 Å². The summed E-state index contributed by atoms with van der Waals surface area (Å²) in [7, 11) is 3.02. The van der Waals surface area contributed by atoms with Crippen LogP contribution < -0.4 is 10.1 Å². The first-order valence-corrected chi connectivity index (χ1v) is 11.4. The number of aromatic nitrogens is 2. The van der Waals surface area contributed by atoms with Gasteiger partial charge >= 0.3 is 5.97 Å². The summed E-state index contributed by atoms with van der Waals surface area (Å²) in [6.45, 7) is 2.05. The summed E-state index contributed by atoms with van der Waals surface area (Å²) in [5, 5.41) is 7.92. The molecule has 0 aliphatic carbocycles. The smallest absolute Gasteiger partial charge is 0.337 e. The van der Waals surface area contributed by atoms with Gasteiger partial charge in [0.25, 0.3) is 0 Å². The van der Waals surface area contributed by atoms with Gasteiger partial charge in [-0.15, -0.1) is 0 Å². The quantitative estimate of drug-likeness (QED) is 0.367. The molecule has 0 bridgehead atoms. The highest BCUT2D eigenvalue weighted by atomic mass is 16.5. The lowest BCUT2D eigenvalue weighted by atomic mass is 10.1. The highest BCUT2D eigenvalue weighted by molar-refractivity contribution is 5.89. The van der Waals surface area contributed by atoms with Crippen LogP contribution in [0.15, 0.2) is 60.9 Å². The highest BCUT2D eigenvalue weighted by Crippen LogP contribution is 2.25. The lowest BCUT2D eigenvalue weighted by molar-refractivity contribution is -0.129. The number of rotatable bonds is 10. The first kappa shape index (κ1) is 23.5. The van der Waals surface area contributed by atoms with Crippen molar-refractivity contribution in [3.63, 3.8) is 0 Å². The van der Waals surface area contributed by atoms with Gasteiger partial charge in [0.15, 0.2) is 0 Å². The maximum atomic E-state index is 12.6. The van der Waals surface area contributed by atoms with Crippen molar-refractivity contribution in [2.24, 2.45) is 0 Å². The molecule has 1 fully saturated rings. The van der Waals surface area contributed by atoms with Crippen LogP contribution in [0.3, 0.4) is 0 Å². The van der Waals surface area contributed by atoms with Crippen molar-refractivity contribution in [1.29, 1.82) is 0 Å². The molecule has 1 N–H and O–H groups in total. The van der Waals surface area contributed by atoms with Crippen molar-refractivity contribution in [1.82, 2.24) is 20.0 Å². The number of hydrogen-bond donors (Lipinski definition) is 1. The summed E-state index contributed by atoms with van der Waals surface area (Å²) in [6, 6.07) is 15.3. The van der Waals surface area contributed by atoms with Crippen LogP contribution in [-0.4, -0.2) is 53.4 Å². The fourth-order valence-corrected chi connectivity index (χ4v) is 4.28. The molecule has 1 amide bonds.